The lowest BCUT2D eigenvalue weighted by molar-refractivity contribution is 0.325. The highest BCUT2D eigenvalue weighted by Gasteiger charge is 2.19. The fraction of sp³-hybridized carbons (Fsp3) is 0.364. The van der Waals surface area contributed by atoms with Gasteiger partial charge in [0.05, 0.1) is 11.1 Å². The molecule has 0 aliphatic rings. The van der Waals surface area contributed by atoms with Gasteiger partial charge in [-0.2, -0.15) is 4.98 Å². The van der Waals surface area contributed by atoms with Gasteiger partial charge in [0.15, 0.2) is 0 Å². The molecule has 0 aliphatic heterocycles. The second kappa shape index (κ2) is 4.81. The SMILES string of the molecule is CC(C)[C@H](N)c1nc(-c2ncccc2Cl)no1. The molecule has 0 spiro atoms. The van der Waals surface area contributed by atoms with E-state index in [9.17, 15) is 0 Å². The third-order valence-electron chi connectivity index (χ3n) is 2.42. The number of aromatic nitrogens is 3. The lowest BCUT2D eigenvalue weighted by Crippen LogP contribution is -2.16. The van der Waals surface area contributed by atoms with Gasteiger partial charge in [0.1, 0.15) is 5.69 Å². The van der Waals surface area contributed by atoms with Crippen LogP contribution in [-0.4, -0.2) is 15.1 Å². The summed E-state index contributed by atoms with van der Waals surface area (Å²) in [5, 5.41) is 4.32. The molecule has 0 saturated heterocycles. The molecular weight excluding hydrogens is 240 g/mol. The zero-order valence-electron chi connectivity index (χ0n) is 9.59. The van der Waals surface area contributed by atoms with Gasteiger partial charge in [-0.1, -0.05) is 30.6 Å². The van der Waals surface area contributed by atoms with Crippen LogP contribution in [0.25, 0.3) is 11.5 Å². The minimum atomic E-state index is -0.279. The van der Waals surface area contributed by atoms with Crippen LogP contribution in [0.2, 0.25) is 5.02 Å². The fourth-order valence-corrected chi connectivity index (χ4v) is 1.51. The first-order chi connectivity index (χ1) is 8.09. The summed E-state index contributed by atoms with van der Waals surface area (Å²) in [5.74, 6) is 0.987. The Labute approximate surface area is 104 Å². The van der Waals surface area contributed by atoms with Crippen molar-refractivity contribution < 1.29 is 4.52 Å². The van der Waals surface area contributed by atoms with Gasteiger partial charge in [0, 0.05) is 6.20 Å². The highest BCUT2D eigenvalue weighted by molar-refractivity contribution is 6.32. The summed E-state index contributed by atoms with van der Waals surface area (Å²) in [4.78, 5) is 8.32. The highest BCUT2D eigenvalue weighted by Crippen LogP contribution is 2.24. The molecule has 0 unspecified atom stereocenters. The smallest absolute Gasteiger partial charge is 0.244 e. The average molecular weight is 253 g/mol. The Hall–Kier alpha value is -1.46. The molecule has 2 N–H and O–H groups in total. The second-order valence-corrected chi connectivity index (χ2v) is 4.47. The zero-order valence-corrected chi connectivity index (χ0v) is 10.3. The molecule has 0 fully saturated rings. The van der Waals surface area contributed by atoms with Crippen molar-refractivity contribution >= 4 is 11.6 Å². The molecule has 6 heteroatoms. The Morgan fingerprint density at radius 1 is 1.41 bits per heavy atom. The van der Waals surface area contributed by atoms with Gasteiger partial charge in [0.25, 0.3) is 0 Å². The first-order valence-electron chi connectivity index (χ1n) is 5.29. The van der Waals surface area contributed by atoms with Gasteiger partial charge in [-0.25, -0.2) is 0 Å². The van der Waals surface area contributed by atoms with Crippen LogP contribution in [-0.2, 0) is 0 Å². The monoisotopic (exact) mass is 252 g/mol. The summed E-state index contributed by atoms with van der Waals surface area (Å²) in [6.45, 7) is 3.98. The van der Waals surface area contributed by atoms with Gasteiger partial charge in [0.2, 0.25) is 11.7 Å². The van der Waals surface area contributed by atoms with Gasteiger partial charge >= 0.3 is 0 Å². The zero-order chi connectivity index (χ0) is 12.4. The molecule has 2 heterocycles. The predicted molar refractivity (Wildman–Crippen MR) is 64.3 cm³/mol. The van der Waals surface area contributed by atoms with Crippen LogP contribution in [0.4, 0.5) is 0 Å². The van der Waals surface area contributed by atoms with Crippen LogP contribution < -0.4 is 5.73 Å². The van der Waals surface area contributed by atoms with E-state index in [-0.39, 0.29) is 12.0 Å². The first-order valence-corrected chi connectivity index (χ1v) is 5.67. The minimum Gasteiger partial charge on any atom is -0.337 e. The number of pyridine rings is 1. The Morgan fingerprint density at radius 3 is 2.82 bits per heavy atom. The molecule has 0 amide bonds. The van der Waals surface area contributed by atoms with E-state index in [0.717, 1.165) is 0 Å². The Morgan fingerprint density at radius 2 is 2.18 bits per heavy atom. The van der Waals surface area contributed by atoms with Crippen molar-refractivity contribution in [3.8, 4) is 11.5 Å². The Balaban J connectivity index is 2.34. The average Bonchev–Trinajstić information content (AvgIpc) is 2.77. The van der Waals surface area contributed by atoms with Crippen LogP contribution in [0.3, 0.4) is 0 Å². The maximum atomic E-state index is 5.99. The molecule has 0 aromatic carbocycles. The summed E-state index contributed by atoms with van der Waals surface area (Å²) in [6.07, 6.45) is 1.62. The van der Waals surface area contributed by atoms with Crippen LogP contribution in [0.15, 0.2) is 22.9 Å². The number of nitrogens with two attached hydrogens (primary N) is 1. The summed E-state index contributed by atoms with van der Waals surface area (Å²) >= 11 is 5.99. The Kier molecular flexibility index (Phi) is 3.40. The van der Waals surface area contributed by atoms with Crippen LogP contribution >= 0.6 is 11.6 Å². The molecule has 2 rings (SSSR count). The summed E-state index contributed by atoms with van der Waals surface area (Å²) in [7, 11) is 0. The van der Waals surface area contributed by atoms with E-state index >= 15 is 0 Å². The summed E-state index contributed by atoms with van der Waals surface area (Å²) < 4.78 is 5.11. The topological polar surface area (TPSA) is 77.8 Å². The van der Waals surface area contributed by atoms with E-state index in [1.807, 2.05) is 13.8 Å². The van der Waals surface area contributed by atoms with Gasteiger partial charge in [-0.3, -0.25) is 4.98 Å². The molecule has 90 valence electrons. The number of hydrogen-bond donors (Lipinski definition) is 1. The number of rotatable bonds is 3. The van der Waals surface area contributed by atoms with E-state index < -0.39 is 0 Å². The third-order valence-corrected chi connectivity index (χ3v) is 2.72. The number of nitrogens with zero attached hydrogens (tertiary/aromatic N) is 3. The van der Waals surface area contributed by atoms with E-state index in [0.29, 0.717) is 22.4 Å². The van der Waals surface area contributed by atoms with Crippen molar-refractivity contribution in [3.05, 3.63) is 29.2 Å². The largest absolute Gasteiger partial charge is 0.337 e. The van der Waals surface area contributed by atoms with Crippen LogP contribution in [0, 0.1) is 5.92 Å². The van der Waals surface area contributed by atoms with Crippen molar-refractivity contribution in [3.63, 3.8) is 0 Å². The highest BCUT2D eigenvalue weighted by atomic mass is 35.5. The molecule has 0 aliphatic carbocycles. The predicted octanol–water partition coefficient (Wildman–Crippen LogP) is 2.44. The maximum absolute atomic E-state index is 5.99. The van der Waals surface area contributed by atoms with Crippen molar-refractivity contribution in [2.24, 2.45) is 11.7 Å². The summed E-state index contributed by atoms with van der Waals surface area (Å²) in [5.41, 5.74) is 6.42. The van der Waals surface area contributed by atoms with E-state index in [1.54, 1.807) is 18.3 Å². The van der Waals surface area contributed by atoms with Crippen LogP contribution in [0.1, 0.15) is 25.8 Å². The van der Waals surface area contributed by atoms with Crippen LogP contribution in [0.5, 0.6) is 0 Å². The third kappa shape index (κ3) is 2.45. The molecule has 1 atom stereocenters. The number of halogens is 1. The van der Waals surface area contributed by atoms with Gasteiger partial charge in [-0.05, 0) is 18.1 Å². The van der Waals surface area contributed by atoms with Gasteiger partial charge in [-0.15, -0.1) is 0 Å². The molecule has 17 heavy (non-hydrogen) atoms. The molecule has 0 radical (unpaired) electrons. The van der Waals surface area contributed by atoms with Crippen molar-refractivity contribution in [2.45, 2.75) is 19.9 Å². The maximum Gasteiger partial charge on any atom is 0.244 e. The normalized spacial score (nSPS) is 13.0. The quantitative estimate of drug-likeness (QED) is 0.908. The van der Waals surface area contributed by atoms with E-state index in [1.165, 1.54) is 0 Å². The van der Waals surface area contributed by atoms with Crippen molar-refractivity contribution in [2.75, 3.05) is 0 Å². The lowest BCUT2D eigenvalue weighted by Gasteiger charge is -2.09. The Bertz CT molecular complexity index is 512. The van der Waals surface area contributed by atoms with Crippen molar-refractivity contribution in [1.82, 2.24) is 15.1 Å². The molecule has 2 aromatic rings. The molecule has 0 bridgehead atoms. The standard InChI is InChI=1S/C11H13ClN4O/c1-6(2)8(13)11-15-10(16-17-11)9-7(12)4-3-5-14-9/h3-6,8H,13H2,1-2H3/t8-/m0/s1. The summed E-state index contributed by atoms with van der Waals surface area (Å²) in [6, 6.07) is 3.19. The molecule has 2 aromatic heterocycles. The minimum absolute atomic E-state index is 0.225. The molecule has 5 nitrogen and oxygen atoms in total. The van der Waals surface area contributed by atoms with E-state index in [2.05, 4.69) is 15.1 Å². The molecule has 0 saturated carbocycles. The molecular formula is C11H13ClN4O. The second-order valence-electron chi connectivity index (χ2n) is 4.06. The number of hydrogen-bond acceptors (Lipinski definition) is 5. The lowest BCUT2D eigenvalue weighted by atomic mass is 10.1. The fourth-order valence-electron chi connectivity index (χ4n) is 1.30. The van der Waals surface area contributed by atoms with Gasteiger partial charge < -0.3 is 10.3 Å². The van der Waals surface area contributed by atoms with E-state index in [4.69, 9.17) is 21.9 Å². The van der Waals surface area contributed by atoms with Crippen molar-refractivity contribution in [1.29, 1.82) is 0 Å². The first kappa shape index (κ1) is 12.0.